The largest absolute Gasteiger partial charge is 0.462 e. The summed E-state index contributed by atoms with van der Waals surface area (Å²) in [4.78, 5) is 14.9. The molecule has 0 unspecified atom stereocenters. The van der Waals surface area contributed by atoms with Crippen LogP contribution in [0.25, 0.3) is 0 Å². The van der Waals surface area contributed by atoms with Gasteiger partial charge in [0.1, 0.15) is 6.20 Å². The van der Waals surface area contributed by atoms with Crippen molar-refractivity contribution in [1.82, 2.24) is 4.98 Å². The zero-order chi connectivity index (χ0) is 9.52. The molecule has 0 aliphatic rings. The van der Waals surface area contributed by atoms with Gasteiger partial charge in [-0.1, -0.05) is 13.3 Å². The number of ether oxygens (including phenoxy) is 1. The van der Waals surface area contributed by atoms with Crippen LogP contribution in [0.1, 0.15) is 30.1 Å². The summed E-state index contributed by atoms with van der Waals surface area (Å²) in [6, 6.07) is 3.33. The van der Waals surface area contributed by atoms with Gasteiger partial charge in [-0.25, -0.2) is 4.79 Å². The van der Waals surface area contributed by atoms with Gasteiger partial charge in [0.05, 0.1) is 12.2 Å². The Balaban J connectivity index is 2.40. The molecule has 13 heavy (non-hydrogen) atoms. The Morgan fingerprint density at radius 2 is 2.54 bits per heavy atom. The average molecular weight is 178 g/mol. The maximum absolute atomic E-state index is 11.2. The monoisotopic (exact) mass is 178 g/mol. The van der Waals surface area contributed by atoms with Crippen molar-refractivity contribution in [3.8, 4) is 0 Å². The smallest absolute Gasteiger partial charge is 0.340 e. The normalized spacial score (nSPS) is 9.62. The van der Waals surface area contributed by atoms with E-state index in [-0.39, 0.29) is 5.97 Å². The van der Waals surface area contributed by atoms with Crippen molar-refractivity contribution < 1.29 is 9.53 Å². The van der Waals surface area contributed by atoms with Gasteiger partial charge in [-0.15, -0.1) is 0 Å². The minimum Gasteiger partial charge on any atom is -0.462 e. The quantitative estimate of drug-likeness (QED) is 0.521. The number of esters is 1. The van der Waals surface area contributed by atoms with Gasteiger partial charge < -0.3 is 4.74 Å². The number of aromatic nitrogens is 1. The lowest BCUT2D eigenvalue weighted by Crippen LogP contribution is -2.06. The summed E-state index contributed by atoms with van der Waals surface area (Å²) in [7, 11) is 0. The summed E-state index contributed by atoms with van der Waals surface area (Å²) < 4.78 is 4.96. The second kappa shape index (κ2) is 5.30. The predicted molar refractivity (Wildman–Crippen MR) is 48.3 cm³/mol. The standard InChI is InChI=1S/C10H12NO2/c1-2-3-7-13-10(12)9-5-4-6-11-8-9/h4-6H,2-3,7H2,1H3. The van der Waals surface area contributed by atoms with E-state index in [1.54, 1.807) is 18.3 Å². The van der Waals surface area contributed by atoms with Crippen molar-refractivity contribution >= 4 is 5.97 Å². The zero-order valence-corrected chi connectivity index (χ0v) is 7.62. The molecule has 0 atom stereocenters. The minimum atomic E-state index is -0.346. The minimum absolute atomic E-state index is 0.346. The van der Waals surface area contributed by atoms with Crippen LogP contribution >= 0.6 is 0 Å². The zero-order valence-electron chi connectivity index (χ0n) is 7.62. The summed E-state index contributed by atoms with van der Waals surface area (Å²) in [5.74, 6) is -0.346. The highest BCUT2D eigenvalue weighted by Gasteiger charge is 2.05. The molecule has 3 heteroatoms. The van der Waals surface area contributed by atoms with Crippen LogP contribution in [0.15, 0.2) is 18.3 Å². The molecule has 0 aliphatic carbocycles. The number of pyridine rings is 1. The third kappa shape index (κ3) is 3.23. The topological polar surface area (TPSA) is 39.2 Å². The van der Waals surface area contributed by atoms with Crippen LogP contribution in [-0.4, -0.2) is 17.6 Å². The first-order valence-electron chi connectivity index (χ1n) is 4.34. The number of carbonyl (C=O) groups is 1. The van der Waals surface area contributed by atoms with Crippen molar-refractivity contribution in [3.05, 3.63) is 30.1 Å². The first-order chi connectivity index (χ1) is 6.34. The van der Waals surface area contributed by atoms with E-state index in [2.05, 4.69) is 11.2 Å². The first-order valence-corrected chi connectivity index (χ1v) is 4.34. The van der Waals surface area contributed by atoms with E-state index >= 15 is 0 Å². The van der Waals surface area contributed by atoms with Gasteiger partial charge in [0.25, 0.3) is 0 Å². The number of hydrogen-bond acceptors (Lipinski definition) is 3. The molecule has 0 spiro atoms. The van der Waals surface area contributed by atoms with E-state index in [0.29, 0.717) is 12.2 Å². The number of unbranched alkanes of at least 4 members (excludes halogenated alkanes) is 1. The van der Waals surface area contributed by atoms with Crippen molar-refractivity contribution in [2.24, 2.45) is 0 Å². The summed E-state index contributed by atoms with van der Waals surface area (Å²) >= 11 is 0. The Hall–Kier alpha value is -1.38. The molecule has 0 fully saturated rings. The van der Waals surface area contributed by atoms with Crippen LogP contribution in [0.4, 0.5) is 0 Å². The van der Waals surface area contributed by atoms with Crippen molar-refractivity contribution in [1.29, 1.82) is 0 Å². The van der Waals surface area contributed by atoms with Gasteiger partial charge in [0.15, 0.2) is 0 Å². The van der Waals surface area contributed by atoms with E-state index in [4.69, 9.17) is 4.74 Å². The van der Waals surface area contributed by atoms with Gasteiger partial charge in [-0.05, 0) is 18.6 Å². The molecular weight excluding hydrogens is 166 g/mol. The Labute approximate surface area is 77.8 Å². The molecule has 0 saturated heterocycles. The summed E-state index contributed by atoms with van der Waals surface area (Å²) in [6.07, 6.45) is 6.06. The Morgan fingerprint density at radius 1 is 1.69 bits per heavy atom. The number of nitrogens with zero attached hydrogens (tertiary/aromatic N) is 1. The molecule has 1 aromatic heterocycles. The molecule has 0 saturated carbocycles. The average Bonchev–Trinajstić information content (AvgIpc) is 2.19. The van der Waals surface area contributed by atoms with Crippen LogP contribution in [0, 0.1) is 6.20 Å². The highest BCUT2D eigenvalue weighted by molar-refractivity contribution is 5.88. The summed E-state index contributed by atoms with van der Waals surface area (Å²) in [6.45, 7) is 2.52. The maximum Gasteiger partial charge on any atom is 0.340 e. The Bertz CT molecular complexity index is 259. The lowest BCUT2D eigenvalue weighted by molar-refractivity contribution is 0.0499. The second-order valence-corrected chi connectivity index (χ2v) is 2.65. The lowest BCUT2D eigenvalue weighted by Gasteiger charge is -2.01. The van der Waals surface area contributed by atoms with Crippen LogP contribution in [0.3, 0.4) is 0 Å². The summed E-state index contributed by atoms with van der Waals surface area (Å²) in [5.41, 5.74) is 0.388. The number of hydrogen-bond donors (Lipinski definition) is 0. The van der Waals surface area contributed by atoms with Gasteiger partial charge in [-0.2, -0.15) is 0 Å². The number of carbonyl (C=O) groups excluding carboxylic acids is 1. The SMILES string of the molecule is CCCCOC(=O)c1[c]nccc1. The van der Waals surface area contributed by atoms with Crippen LogP contribution < -0.4 is 0 Å². The molecule has 1 radical (unpaired) electrons. The number of rotatable bonds is 4. The Kier molecular flexibility index (Phi) is 3.96. The molecule has 1 heterocycles. The van der Waals surface area contributed by atoms with Gasteiger partial charge in [0, 0.05) is 6.20 Å². The molecule has 0 N–H and O–H groups in total. The fourth-order valence-electron chi connectivity index (χ4n) is 0.827. The van der Waals surface area contributed by atoms with Crippen molar-refractivity contribution in [2.45, 2.75) is 19.8 Å². The molecule has 1 rings (SSSR count). The third-order valence-corrected chi connectivity index (χ3v) is 1.56. The molecular formula is C10H12NO2. The molecule has 1 aromatic rings. The van der Waals surface area contributed by atoms with Crippen molar-refractivity contribution in [3.63, 3.8) is 0 Å². The highest BCUT2D eigenvalue weighted by Crippen LogP contribution is 1.99. The fourth-order valence-corrected chi connectivity index (χ4v) is 0.827. The van der Waals surface area contributed by atoms with E-state index in [1.807, 2.05) is 6.92 Å². The molecule has 0 aromatic carbocycles. The lowest BCUT2D eigenvalue weighted by atomic mass is 10.3. The predicted octanol–water partition coefficient (Wildman–Crippen LogP) is 1.84. The fraction of sp³-hybridized carbons (Fsp3) is 0.400. The van der Waals surface area contributed by atoms with E-state index < -0.39 is 0 Å². The highest BCUT2D eigenvalue weighted by atomic mass is 16.5. The van der Waals surface area contributed by atoms with Crippen LogP contribution in [0.2, 0.25) is 0 Å². The Morgan fingerprint density at radius 3 is 3.15 bits per heavy atom. The van der Waals surface area contributed by atoms with Gasteiger partial charge >= 0.3 is 5.97 Å². The van der Waals surface area contributed by atoms with Gasteiger partial charge in [0.2, 0.25) is 0 Å². The maximum atomic E-state index is 11.2. The van der Waals surface area contributed by atoms with Gasteiger partial charge in [-0.3, -0.25) is 4.98 Å². The molecule has 69 valence electrons. The van der Waals surface area contributed by atoms with Crippen LogP contribution in [0.5, 0.6) is 0 Å². The van der Waals surface area contributed by atoms with E-state index in [0.717, 1.165) is 12.8 Å². The van der Waals surface area contributed by atoms with E-state index in [1.165, 1.54) is 0 Å². The summed E-state index contributed by atoms with van der Waals surface area (Å²) in [5, 5.41) is 0. The second-order valence-electron chi connectivity index (χ2n) is 2.65. The molecule has 0 aliphatic heterocycles. The van der Waals surface area contributed by atoms with Crippen molar-refractivity contribution in [2.75, 3.05) is 6.61 Å². The first kappa shape index (κ1) is 9.71. The molecule has 0 amide bonds. The van der Waals surface area contributed by atoms with E-state index in [9.17, 15) is 4.79 Å². The molecule has 3 nitrogen and oxygen atoms in total. The third-order valence-electron chi connectivity index (χ3n) is 1.56. The van der Waals surface area contributed by atoms with Crippen LogP contribution in [-0.2, 0) is 4.74 Å². The molecule has 0 bridgehead atoms.